The van der Waals surface area contributed by atoms with Crippen LogP contribution in [0.4, 0.5) is 0 Å². The van der Waals surface area contributed by atoms with E-state index in [4.69, 9.17) is 0 Å². The minimum absolute atomic E-state index is 0. The van der Waals surface area contributed by atoms with Gasteiger partial charge in [0.2, 0.25) is 0 Å². The maximum atomic E-state index is 4.40. The maximum Gasteiger partial charge on any atom is 0.0748 e. The van der Waals surface area contributed by atoms with Crippen molar-refractivity contribution in [1.29, 1.82) is 0 Å². The second-order valence-corrected chi connectivity index (χ2v) is 7.90. The van der Waals surface area contributed by atoms with Crippen LogP contribution in [-0.4, -0.2) is 15.0 Å². The van der Waals surface area contributed by atoms with E-state index in [2.05, 4.69) is 77.3 Å². The van der Waals surface area contributed by atoms with Crippen LogP contribution < -0.4 is 0 Å². The van der Waals surface area contributed by atoms with Crippen molar-refractivity contribution in [3.63, 3.8) is 0 Å². The SMILES string of the molecule is Cc1[c-]c(-c2ccc(C)cn2)cc(C)c1.[Ir].[c-]1ccc(-c2ccccc2)cc1-c1ncccn1. The van der Waals surface area contributed by atoms with E-state index in [1.165, 1.54) is 16.7 Å². The van der Waals surface area contributed by atoms with Gasteiger partial charge in [0, 0.05) is 38.7 Å². The molecular weight excluding hydrogens is 595 g/mol. The zero-order valence-corrected chi connectivity index (χ0v) is 21.8. The van der Waals surface area contributed by atoms with E-state index in [9.17, 15) is 0 Å². The van der Waals surface area contributed by atoms with Crippen LogP contribution in [0, 0.1) is 32.9 Å². The molecule has 0 N–H and O–H groups in total. The second-order valence-electron chi connectivity index (χ2n) is 7.90. The molecular formula is C30H25IrN3-2. The summed E-state index contributed by atoms with van der Waals surface area (Å²) in [7, 11) is 0. The molecule has 0 saturated carbocycles. The van der Waals surface area contributed by atoms with Crippen LogP contribution in [0.15, 0.2) is 97.5 Å². The van der Waals surface area contributed by atoms with Crippen molar-refractivity contribution in [1.82, 2.24) is 15.0 Å². The van der Waals surface area contributed by atoms with Crippen LogP contribution in [0.25, 0.3) is 33.8 Å². The van der Waals surface area contributed by atoms with Gasteiger partial charge in [0.05, 0.1) is 5.82 Å². The van der Waals surface area contributed by atoms with Crippen molar-refractivity contribution in [2.45, 2.75) is 20.8 Å². The van der Waals surface area contributed by atoms with Gasteiger partial charge in [0.25, 0.3) is 0 Å². The Bertz CT molecular complexity index is 1240. The van der Waals surface area contributed by atoms with Crippen LogP contribution in [0.1, 0.15) is 16.7 Å². The fourth-order valence-corrected chi connectivity index (χ4v) is 3.50. The monoisotopic (exact) mass is 620 g/mol. The summed E-state index contributed by atoms with van der Waals surface area (Å²) in [5.41, 5.74) is 8.91. The summed E-state index contributed by atoms with van der Waals surface area (Å²) in [4.78, 5) is 12.9. The molecule has 1 radical (unpaired) electrons. The quantitative estimate of drug-likeness (QED) is 0.203. The number of hydrogen-bond acceptors (Lipinski definition) is 3. The van der Waals surface area contributed by atoms with Crippen molar-refractivity contribution in [3.8, 4) is 33.8 Å². The van der Waals surface area contributed by atoms with Crippen molar-refractivity contribution in [2.75, 3.05) is 0 Å². The Balaban J connectivity index is 0.000000188. The van der Waals surface area contributed by atoms with Gasteiger partial charge in [-0.25, -0.2) is 0 Å². The number of rotatable bonds is 3. The molecule has 0 aliphatic rings. The minimum Gasteiger partial charge on any atom is -0.304 e. The van der Waals surface area contributed by atoms with Crippen molar-refractivity contribution >= 4 is 0 Å². The molecule has 0 aliphatic carbocycles. The molecule has 0 spiro atoms. The fraction of sp³-hybridized carbons (Fsp3) is 0.100. The molecule has 2 heterocycles. The maximum absolute atomic E-state index is 4.40. The summed E-state index contributed by atoms with van der Waals surface area (Å²) in [6, 6.07) is 32.9. The zero-order chi connectivity index (χ0) is 23.0. The standard InChI is InChI=1S/C16H11N2.C14H14N.Ir/c1-2-6-13(7-3-1)14-8-4-9-15(12-14)16-17-10-5-11-18-16;1-10-4-5-14(15-9-10)13-7-11(2)6-12(3)8-13;/h1-8,10-12H;4-7,9H,1-3H3;/q2*-1;. The van der Waals surface area contributed by atoms with Crippen LogP contribution in [0.5, 0.6) is 0 Å². The summed E-state index contributed by atoms with van der Waals surface area (Å²) >= 11 is 0. The van der Waals surface area contributed by atoms with Gasteiger partial charge < -0.3 is 4.98 Å². The van der Waals surface area contributed by atoms with E-state index in [0.29, 0.717) is 5.82 Å². The number of benzene rings is 3. The molecule has 5 aromatic rings. The van der Waals surface area contributed by atoms with Crippen LogP contribution in [0.3, 0.4) is 0 Å². The number of nitrogens with zero attached hydrogens (tertiary/aromatic N) is 3. The summed E-state index contributed by atoms with van der Waals surface area (Å²) in [6.07, 6.45) is 5.37. The number of hydrogen-bond donors (Lipinski definition) is 0. The van der Waals surface area contributed by atoms with E-state index in [1.807, 2.05) is 55.6 Å². The van der Waals surface area contributed by atoms with E-state index in [0.717, 1.165) is 27.9 Å². The van der Waals surface area contributed by atoms with Gasteiger partial charge in [0.15, 0.2) is 0 Å². The van der Waals surface area contributed by atoms with E-state index in [1.54, 1.807) is 12.4 Å². The van der Waals surface area contributed by atoms with Gasteiger partial charge in [-0.15, -0.1) is 70.3 Å². The predicted octanol–water partition coefficient (Wildman–Crippen LogP) is 7.08. The van der Waals surface area contributed by atoms with Crippen molar-refractivity contribution in [2.24, 2.45) is 0 Å². The molecule has 0 unspecified atom stereocenters. The molecule has 5 rings (SSSR count). The Morgan fingerprint density at radius 2 is 1.41 bits per heavy atom. The Hall–Kier alpha value is -3.46. The molecule has 0 fully saturated rings. The average molecular weight is 620 g/mol. The first-order valence-electron chi connectivity index (χ1n) is 10.9. The largest absolute Gasteiger partial charge is 0.304 e. The Kier molecular flexibility index (Phi) is 8.98. The number of pyridine rings is 1. The first-order chi connectivity index (χ1) is 16.1. The fourth-order valence-electron chi connectivity index (χ4n) is 3.50. The smallest absolute Gasteiger partial charge is 0.0748 e. The van der Waals surface area contributed by atoms with Crippen LogP contribution in [0.2, 0.25) is 0 Å². The van der Waals surface area contributed by atoms with Gasteiger partial charge in [-0.1, -0.05) is 56.3 Å². The molecule has 0 aliphatic heterocycles. The molecule has 171 valence electrons. The van der Waals surface area contributed by atoms with E-state index < -0.39 is 0 Å². The number of aryl methyl sites for hydroxylation is 3. The van der Waals surface area contributed by atoms with Crippen molar-refractivity contribution in [3.05, 3.63) is 126 Å². The summed E-state index contributed by atoms with van der Waals surface area (Å²) < 4.78 is 0. The van der Waals surface area contributed by atoms with Gasteiger partial charge in [0.1, 0.15) is 0 Å². The Labute approximate surface area is 215 Å². The topological polar surface area (TPSA) is 38.7 Å². The van der Waals surface area contributed by atoms with E-state index >= 15 is 0 Å². The molecule has 0 amide bonds. The minimum atomic E-state index is 0. The molecule has 2 aromatic heterocycles. The Morgan fingerprint density at radius 1 is 0.647 bits per heavy atom. The molecule has 0 saturated heterocycles. The second kappa shape index (κ2) is 12.1. The van der Waals surface area contributed by atoms with Gasteiger partial charge in [-0.2, -0.15) is 0 Å². The first-order valence-corrected chi connectivity index (χ1v) is 10.9. The number of aromatic nitrogens is 3. The molecule has 0 atom stereocenters. The van der Waals surface area contributed by atoms with Crippen molar-refractivity contribution < 1.29 is 20.1 Å². The zero-order valence-electron chi connectivity index (χ0n) is 19.4. The molecule has 0 bridgehead atoms. The third-order valence-electron chi connectivity index (χ3n) is 5.05. The summed E-state index contributed by atoms with van der Waals surface area (Å²) in [5, 5.41) is 0. The molecule has 4 heteroatoms. The van der Waals surface area contributed by atoms with E-state index in [-0.39, 0.29) is 20.1 Å². The molecule has 3 aromatic carbocycles. The first kappa shape index (κ1) is 25.2. The predicted molar refractivity (Wildman–Crippen MR) is 134 cm³/mol. The Morgan fingerprint density at radius 3 is 2.09 bits per heavy atom. The molecule has 34 heavy (non-hydrogen) atoms. The third kappa shape index (κ3) is 6.77. The third-order valence-corrected chi connectivity index (χ3v) is 5.05. The summed E-state index contributed by atoms with van der Waals surface area (Å²) in [6.45, 7) is 6.20. The average Bonchev–Trinajstić information content (AvgIpc) is 2.85. The van der Waals surface area contributed by atoms with Crippen LogP contribution in [-0.2, 0) is 20.1 Å². The van der Waals surface area contributed by atoms with Gasteiger partial charge in [-0.05, 0) is 29.8 Å². The molecule has 3 nitrogen and oxygen atoms in total. The van der Waals surface area contributed by atoms with Gasteiger partial charge >= 0.3 is 0 Å². The van der Waals surface area contributed by atoms with Gasteiger partial charge in [-0.3, -0.25) is 9.97 Å². The summed E-state index contributed by atoms with van der Waals surface area (Å²) in [5.74, 6) is 0.704. The normalized spacial score (nSPS) is 9.97. The van der Waals surface area contributed by atoms with Crippen LogP contribution >= 0.6 is 0 Å².